The predicted molar refractivity (Wildman–Crippen MR) is 97.3 cm³/mol. The third-order valence-corrected chi connectivity index (χ3v) is 5.70. The van der Waals surface area contributed by atoms with Gasteiger partial charge < -0.3 is 15.2 Å². The highest BCUT2D eigenvalue weighted by atomic mass is 32.2. The van der Waals surface area contributed by atoms with Gasteiger partial charge in [-0.25, -0.2) is 4.98 Å². The van der Waals surface area contributed by atoms with Gasteiger partial charge in [0.2, 0.25) is 5.91 Å². The molecule has 9 heteroatoms. The minimum absolute atomic E-state index is 0.0473. The fourth-order valence-electron chi connectivity index (χ4n) is 2.52. The van der Waals surface area contributed by atoms with Crippen molar-refractivity contribution >= 4 is 29.4 Å². The standard InChI is InChI=1S/C16H17N3O4S2/c1-22-11-4-3-9(7-12(11)23-2)19-15(21)14-10(5-6-24-14)18-16(19)25-8-13(17)20/h3-4,7H,5-6,8H2,1-2H3,(H2,17,20). The summed E-state index contributed by atoms with van der Waals surface area (Å²) < 4.78 is 12.1. The molecule has 3 rings (SSSR count). The van der Waals surface area contributed by atoms with E-state index in [1.165, 1.54) is 23.4 Å². The molecule has 132 valence electrons. The van der Waals surface area contributed by atoms with Crippen molar-refractivity contribution < 1.29 is 14.3 Å². The summed E-state index contributed by atoms with van der Waals surface area (Å²) in [6.07, 6.45) is 0.742. The van der Waals surface area contributed by atoms with Crippen molar-refractivity contribution in [2.24, 2.45) is 5.73 Å². The van der Waals surface area contributed by atoms with Gasteiger partial charge >= 0.3 is 0 Å². The monoisotopic (exact) mass is 379 g/mol. The van der Waals surface area contributed by atoms with Gasteiger partial charge in [-0.2, -0.15) is 0 Å². The molecule has 0 bridgehead atoms. The highest BCUT2D eigenvalue weighted by Crippen LogP contribution is 2.33. The van der Waals surface area contributed by atoms with E-state index in [1.807, 2.05) is 0 Å². The third kappa shape index (κ3) is 3.47. The number of hydrogen-bond donors (Lipinski definition) is 1. The number of rotatable bonds is 6. The second-order valence-corrected chi connectivity index (χ2v) is 7.25. The first kappa shape index (κ1) is 17.7. The molecule has 1 amide bonds. The number of carbonyl (C=O) groups is 1. The molecule has 2 aromatic rings. The zero-order valence-electron chi connectivity index (χ0n) is 13.8. The minimum Gasteiger partial charge on any atom is -0.493 e. The summed E-state index contributed by atoms with van der Waals surface area (Å²) in [6.45, 7) is 0. The fraction of sp³-hybridized carbons (Fsp3) is 0.312. The van der Waals surface area contributed by atoms with Gasteiger partial charge in [0.25, 0.3) is 5.56 Å². The molecular weight excluding hydrogens is 362 g/mol. The molecule has 0 unspecified atom stereocenters. The van der Waals surface area contributed by atoms with Crippen molar-refractivity contribution in [1.29, 1.82) is 0 Å². The number of thioether (sulfide) groups is 2. The van der Waals surface area contributed by atoms with Gasteiger partial charge in [0, 0.05) is 18.2 Å². The maximum atomic E-state index is 13.0. The van der Waals surface area contributed by atoms with Crippen LogP contribution < -0.4 is 20.8 Å². The Bertz CT molecular complexity index is 882. The summed E-state index contributed by atoms with van der Waals surface area (Å²) in [6, 6.07) is 5.19. The summed E-state index contributed by atoms with van der Waals surface area (Å²) >= 11 is 2.65. The summed E-state index contributed by atoms with van der Waals surface area (Å²) in [5.41, 5.74) is 6.47. The average molecular weight is 379 g/mol. The van der Waals surface area contributed by atoms with Gasteiger partial charge in [0.15, 0.2) is 16.7 Å². The summed E-state index contributed by atoms with van der Waals surface area (Å²) in [5, 5.41) is 0.442. The maximum Gasteiger partial charge on any atom is 0.272 e. The van der Waals surface area contributed by atoms with Crippen LogP contribution in [0.2, 0.25) is 0 Å². The van der Waals surface area contributed by atoms with Crippen molar-refractivity contribution in [3.05, 3.63) is 34.2 Å². The number of amides is 1. The van der Waals surface area contributed by atoms with Gasteiger partial charge in [-0.15, -0.1) is 11.8 Å². The van der Waals surface area contributed by atoms with Gasteiger partial charge in [0.05, 0.1) is 36.2 Å². The van der Waals surface area contributed by atoms with Crippen molar-refractivity contribution in [2.45, 2.75) is 16.5 Å². The molecule has 1 aliphatic heterocycles. The second-order valence-electron chi connectivity index (χ2n) is 5.20. The van der Waals surface area contributed by atoms with E-state index in [-0.39, 0.29) is 11.3 Å². The normalized spacial score (nSPS) is 12.7. The fourth-order valence-corrected chi connectivity index (χ4v) is 4.31. The van der Waals surface area contributed by atoms with E-state index in [2.05, 4.69) is 4.98 Å². The van der Waals surface area contributed by atoms with E-state index in [4.69, 9.17) is 15.2 Å². The summed E-state index contributed by atoms with van der Waals surface area (Å²) in [7, 11) is 3.08. The molecule has 1 aromatic carbocycles. The molecule has 1 aliphatic rings. The first-order chi connectivity index (χ1) is 12.0. The Balaban J connectivity index is 2.16. The van der Waals surface area contributed by atoms with E-state index in [1.54, 1.807) is 25.3 Å². The van der Waals surface area contributed by atoms with Crippen molar-refractivity contribution in [3.63, 3.8) is 0 Å². The Morgan fingerprint density at radius 2 is 2.12 bits per heavy atom. The Morgan fingerprint density at radius 1 is 1.36 bits per heavy atom. The van der Waals surface area contributed by atoms with E-state index >= 15 is 0 Å². The molecule has 7 nitrogen and oxygen atoms in total. The number of ether oxygens (including phenoxy) is 2. The smallest absolute Gasteiger partial charge is 0.272 e. The van der Waals surface area contributed by atoms with Gasteiger partial charge in [0.1, 0.15) is 0 Å². The quantitative estimate of drug-likeness (QED) is 0.600. The third-order valence-electron chi connectivity index (χ3n) is 3.64. The Kier molecular flexibility index (Phi) is 5.24. The zero-order chi connectivity index (χ0) is 18.0. The molecule has 0 saturated heterocycles. The SMILES string of the molecule is COc1ccc(-n2c(SCC(N)=O)nc3c(c2=O)SCC3)cc1OC. The van der Waals surface area contributed by atoms with E-state index in [9.17, 15) is 9.59 Å². The lowest BCUT2D eigenvalue weighted by Crippen LogP contribution is -2.24. The van der Waals surface area contributed by atoms with Crippen LogP contribution in [0.15, 0.2) is 33.0 Å². The van der Waals surface area contributed by atoms with Crippen LogP contribution in [0.4, 0.5) is 0 Å². The van der Waals surface area contributed by atoms with Crippen molar-refractivity contribution in [3.8, 4) is 17.2 Å². The number of aryl methyl sites for hydroxylation is 1. The van der Waals surface area contributed by atoms with Crippen LogP contribution in [0.3, 0.4) is 0 Å². The van der Waals surface area contributed by atoms with E-state index in [0.29, 0.717) is 27.2 Å². The Hall–Kier alpha value is -2.13. The number of benzene rings is 1. The number of nitrogens with zero attached hydrogens (tertiary/aromatic N) is 2. The highest BCUT2D eigenvalue weighted by molar-refractivity contribution is 8.00. The van der Waals surface area contributed by atoms with Crippen LogP contribution >= 0.6 is 23.5 Å². The topological polar surface area (TPSA) is 96.4 Å². The molecule has 0 radical (unpaired) electrons. The zero-order valence-corrected chi connectivity index (χ0v) is 15.4. The van der Waals surface area contributed by atoms with E-state index < -0.39 is 5.91 Å². The predicted octanol–water partition coefficient (Wildman–Crippen LogP) is 1.48. The number of aromatic nitrogens is 2. The molecule has 1 aromatic heterocycles. The van der Waals surface area contributed by atoms with Crippen molar-refractivity contribution in [2.75, 3.05) is 25.7 Å². The van der Waals surface area contributed by atoms with Gasteiger partial charge in [-0.1, -0.05) is 11.8 Å². The molecule has 0 saturated carbocycles. The lowest BCUT2D eigenvalue weighted by atomic mass is 10.2. The number of carbonyl (C=O) groups excluding carboxylic acids is 1. The number of hydrogen-bond acceptors (Lipinski definition) is 7. The first-order valence-corrected chi connectivity index (χ1v) is 9.44. The maximum absolute atomic E-state index is 13.0. The van der Waals surface area contributed by atoms with Crippen LogP contribution in [0.5, 0.6) is 11.5 Å². The molecule has 2 heterocycles. The summed E-state index contributed by atoms with van der Waals surface area (Å²) in [5.74, 6) is 1.48. The number of nitrogens with two attached hydrogens (primary N) is 1. The number of methoxy groups -OCH3 is 2. The van der Waals surface area contributed by atoms with Crippen LogP contribution in [-0.2, 0) is 11.2 Å². The second kappa shape index (κ2) is 7.40. The summed E-state index contributed by atoms with van der Waals surface area (Å²) in [4.78, 5) is 29.4. The molecular formula is C16H17N3O4S2. The molecule has 2 N–H and O–H groups in total. The largest absolute Gasteiger partial charge is 0.493 e. The number of primary amides is 1. The molecule has 0 aliphatic carbocycles. The number of fused-ring (bicyclic) bond motifs is 1. The van der Waals surface area contributed by atoms with Gasteiger partial charge in [-0.3, -0.25) is 14.2 Å². The average Bonchev–Trinajstić information content (AvgIpc) is 3.08. The van der Waals surface area contributed by atoms with Crippen LogP contribution in [0.1, 0.15) is 5.69 Å². The van der Waals surface area contributed by atoms with Gasteiger partial charge in [-0.05, 0) is 12.1 Å². The lowest BCUT2D eigenvalue weighted by molar-refractivity contribution is -0.115. The first-order valence-electron chi connectivity index (χ1n) is 7.47. The van der Waals surface area contributed by atoms with E-state index in [0.717, 1.165) is 29.6 Å². The molecule has 0 fully saturated rings. The lowest BCUT2D eigenvalue weighted by Gasteiger charge is -2.15. The van der Waals surface area contributed by atoms with Crippen LogP contribution in [0.25, 0.3) is 5.69 Å². The minimum atomic E-state index is -0.465. The Morgan fingerprint density at radius 3 is 2.80 bits per heavy atom. The molecule has 25 heavy (non-hydrogen) atoms. The molecule has 0 spiro atoms. The molecule has 0 atom stereocenters. The van der Waals surface area contributed by atoms with Crippen LogP contribution in [0, 0.1) is 0 Å². The highest BCUT2D eigenvalue weighted by Gasteiger charge is 2.23. The Labute approximate surface area is 152 Å². The van der Waals surface area contributed by atoms with Crippen LogP contribution in [-0.4, -0.2) is 41.2 Å². The van der Waals surface area contributed by atoms with Crippen molar-refractivity contribution in [1.82, 2.24) is 9.55 Å².